The highest BCUT2D eigenvalue weighted by atomic mass is 14.6. The molecule has 0 saturated heterocycles. The van der Waals surface area contributed by atoms with E-state index in [9.17, 15) is 0 Å². The van der Waals surface area contributed by atoms with Gasteiger partial charge in [-0.1, -0.05) is 44.6 Å². The second kappa shape index (κ2) is 5.89. The number of hydrogen-bond donors (Lipinski definition) is 0. The molecule has 0 amide bonds. The Bertz CT molecular complexity index is 262. The molecule has 1 saturated carbocycles. The number of pyridine rings is 1. The van der Waals surface area contributed by atoms with E-state index in [1.54, 1.807) is 0 Å². The van der Waals surface area contributed by atoms with Crippen LogP contribution in [-0.2, 0) is 6.42 Å². The molecule has 1 heteroatoms. The fourth-order valence-corrected chi connectivity index (χ4v) is 2.62. The lowest BCUT2D eigenvalue weighted by molar-refractivity contribution is 0.332. The van der Waals surface area contributed by atoms with Crippen LogP contribution in [0.1, 0.15) is 50.5 Å². The van der Waals surface area contributed by atoms with Gasteiger partial charge >= 0.3 is 0 Å². The molecule has 1 aliphatic carbocycles. The van der Waals surface area contributed by atoms with Crippen LogP contribution in [0.15, 0.2) is 24.5 Å². The Kier molecular flexibility index (Phi) is 4.19. The molecule has 1 aromatic heterocycles. The molecule has 1 fully saturated rings. The van der Waals surface area contributed by atoms with Gasteiger partial charge in [-0.25, -0.2) is 0 Å². The highest BCUT2D eigenvalue weighted by Gasteiger charge is 2.12. The zero-order chi connectivity index (χ0) is 10.3. The molecule has 0 bridgehead atoms. The van der Waals surface area contributed by atoms with Crippen molar-refractivity contribution < 1.29 is 0 Å². The van der Waals surface area contributed by atoms with E-state index in [0.29, 0.717) is 0 Å². The first-order chi connectivity index (χ1) is 7.45. The monoisotopic (exact) mass is 203 g/mol. The lowest BCUT2D eigenvalue weighted by atomic mass is 9.85. The van der Waals surface area contributed by atoms with Gasteiger partial charge in [0.25, 0.3) is 0 Å². The molecular formula is C14H21N. The normalized spacial score (nSPS) is 17.9. The third-order valence-electron chi connectivity index (χ3n) is 3.53. The van der Waals surface area contributed by atoms with Gasteiger partial charge in [0.15, 0.2) is 0 Å². The zero-order valence-corrected chi connectivity index (χ0v) is 9.49. The van der Waals surface area contributed by atoms with Crippen molar-refractivity contribution >= 4 is 0 Å². The smallest absolute Gasteiger partial charge is 0.0299 e. The highest BCUT2D eigenvalue weighted by molar-refractivity contribution is 5.08. The van der Waals surface area contributed by atoms with Crippen molar-refractivity contribution in [2.45, 2.75) is 51.4 Å². The van der Waals surface area contributed by atoms with Gasteiger partial charge in [0, 0.05) is 12.4 Å². The van der Waals surface area contributed by atoms with Crippen LogP contribution in [0, 0.1) is 5.92 Å². The predicted octanol–water partition coefficient (Wildman–Crippen LogP) is 3.98. The summed E-state index contributed by atoms with van der Waals surface area (Å²) in [5.74, 6) is 1.02. The minimum Gasteiger partial charge on any atom is -0.264 e. The van der Waals surface area contributed by atoms with Gasteiger partial charge in [-0.05, 0) is 30.4 Å². The second-order valence-electron chi connectivity index (χ2n) is 4.76. The van der Waals surface area contributed by atoms with Crippen molar-refractivity contribution in [2.24, 2.45) is 5.92 Å². The first-order valence-electron chi connectivity index (χ1n) is 6.34. The summed E-state index contributed by atoms with van der Waals surface area (Å²) < 4.78 is 0. The van der Waals surface area contributed by atoms with Gasteiger partial charge in [-0.15, -0.1) is 0 Å². The summed E-state index contributed by atoms with van der Waals surface area (Å²) >= 11 is 0. The fourth-order valence-electron chi connectivity index (χ4n) is 2.62. The predicted molar refractivity (Wildman–Crippen MR) is 63.8 cm³/mol. The number of rotatable bonds is 4. The van der Waals surface area contributed by atoms with Crippen LogP contribution >= 0.6 is 0 Å². The largest absolute Gasteiger partial charge is 0.264 e. The van der Waals surface area contributed by atoms with Crippen LogP contribution in [0.3, 0.4) is 0 Å². The summed E-state index contributed by atoms with van der Waals surface area (Å²) in [5, 5.41) is 0. The van der Waals surface area contributed by atoms with Crippen LogP contribution in [0.4, 0.5) is 0 Å². The first-order valence-corrected chi connectivity index (χ1v) is 6.34. The highest BCUT2D eigenvalue weighted by Crippen LogP contribution is 2.27. The number of aryl methyl sites for hydroxylation is 1. The van der Waals surface area contributed by atoms with Crippen molar-refractivity contribution in [2.75, 3.05) is 0 Å². The van der Waals surface area contributed by atoms with Gasteiger partial charge in [0.2, 0.25) is 0 Å². The zero-order valence-electron chi connectivity index (χ0n) is 9.49. The summed E-state index contributed by atoms with van der Waals surface area (Å²) in [5.41, 5.74) is 1.40. The van der Waals surface area contributed by atoms with Gasteiger partial charge in [-0.3, -0.25) is 4.98 Å². The van der Waals surface area contributed by atoms with E-state index in [1.807, 2.05) is 18.5 Å². The van der Waals surface area contributed by atoms with E-state index in [2.05, 4.69) is 11.1 Å². The van der Waals surface area contributed by atoms with Crippen LogP contribution in [0.2, 0.25) is 0 Å². The second-order valence-corrected chi connectivity index (χ2v) is 4.76. The fraction of sp³-hybridized carbons (Fsp3) is 0.643. The maximum atomic E-state index is 4.15. The van der Waals surface area contributed by atoms with Gasteiger partial charge in [0.05, 0.1) is 0 Å². The number of nitrogens with zero attached hydrogens (tertiary/aromatic N) is 1. The minimum absolute atomic E-state index is 1.02. The molecular weight excluding hydrogens is 182 g/mol. The molecule has 1 aromatic rings. The van der Waals surface area contributed by atoms with E-state index in [4.69, 9.17) is 0 Å². The molecule has 0 spiro atoms. The third kappa shape index (κ3) is 3.65. The lowest BCUT2D eigenvalue weighted by Crippen LogP contribution is -2.06. The molecule has 1 nitrogen and oxygen atoms in total. The van der Waals surface area contributed by atoms with Crippen LogP contribution in [0.5, 0.6) is 0 Å². The Morgan fingerprint density at radius 2 is 2.07 bits per heavy atom. The van der Waals surface area contributed by atoms with Crippen LogP contribution in [-0.4, -0.2) is 4.98 Å². The third-order valence-corrected chi connectivity index (χ3v) is 3.53. The average molecular weight is 203 g/mol. The summed E-state index contributed by atoms with van der Waals surface area (Å²) in [7, 11) is 0. The summed E-state index contributed by atoms with van der Waals surface area (Å²) in [6, 6.07) is 4.23. The molecule has 1 heterocycles. The van der Waals surface area contributed by atoms with E-state index in [-0.39, 0.29) is 0 Å². The summed E-state index contributed by atoms with van der Waals surface area (Å²) in [6.07, 6.45) is 15.2. The van der Waals surface area contributed by atoms with Gasteiger partial charge in [0.1, 0.15) is 0 Å². The van der Waals surface area contributed by atoms with Crippen LogP contribution in [0.25, 0.3) is 0 Å². The lowest BCUT2D eigenvalue weighted by Gasteiger charge is -2.21. The molecule has 2 rings (SSSR count). The average Bonchev–Trinajstić information content (AvgIpc) is 2.32. The van der Waals surface area contributed by atoms with Gasteiger partial charge < -0.3 is 0 Å². The number of aromatic nitrogens is 1. The molecule has 0 aliphatic heterocycles. The summed E-state index contributed by atoms with van der Waals surface area (Å²) in [6.45, 7) is 0. The van der Waals surface area contributed by atoms with Crippen molar-refractivity contribution in [3.8, 4) is 0 Å². The Hall–Kier alpha value is -0.850. The first kappa shape index (κ1) is 10.7. The summed E-state index contributed by atoms with van der Waals surface area (Å²) in [4.78, 5) is 4.15. The minimum atomic E-state index is 1.02. The molecule has 0 radical (unpaired) electrons. The van der Waals surface area contributed by atoms with Crippen molar-refractivity contribution in [1.82, 2.24) is 4.98 Å². The maximum absolute atomic E-state index is 4.15. The topological polar surface area (TPSA) is 12.9 Å². The maximum Gasteiger partial charge on any atom is 0.0299 e. The molecule has 0 unspecified atom stereocenters. The SMILES string of the molecule is c1cncc(CCCC2CCCCC2)c1. The quantitative estimate of drug-likeness (QED) is 0.721. The molecule has 82 valence electrons. The molecule has 0 N–H and O–H groups in total. The Morgan fingerprint density at radius 3 is 2.80 bits per heavy atom. The standard InChI is InChI=1S/C14H21N/c1-2-6-13(7-3-1)8-4-9-14-10-5-11-15-12-14/h5,10-13H,1-4,6-9H2. The molecule has 0 aromatic carbocycles. The van der Waals surface area contributed by atoms with E-state index >= 15 is 0 Å². The Morgan fingerprint density at radius 1 is 1.20 bits per heavy atom. The van der Waals surface area contributed by atoms with E-state index < -0.39 is 0 Å². The molecule has 1 aliphatic rings. The molecule has 15 heavy (non-hydrogen) atoms. The van der Waals surface area contributed by atoms with E-state index in [1.165, 1.54) is 56.9 Å². The Labute approximate surface area is 92.9 Å². The number of hydrogen-bond acceptors (Lipinski definition) is 1. The van der Waals surface area contributed by atoms with Crippen LogP contribution < -0.4 is 0 Å². The Balaban J connectivity index is 1.66. The van der Waals surface area contributed by atoms with Crippen molar-refractivity contribution in [3.63, 3.8) is 0 Å². The van der Waals surface area contributed by atoms with E-state index in [0.717, 1.165) is 5.92 Å². The van der Waals surface area contributed by atoms with Gasteiger partial charge in [-0.2, -0.15) is 0 Å². The van der Waals surface area contributed by atoms with Crippen molar-refractivity contribution in [1.29, 1.82) is 0 Å². The van der Waals surface area contributed by atoms with Crippen molar-refractivity contribution in [3.05, 3.63) is 30.1 Å². The molecule has 0 atom stereocenters.